The highest BCUT2D eigenvalue weighted by Gasteiger charge is 2.32. The van der Waals surface area contributed by atoms with Crippen LogP contribution in [0.15, 0.2) is 64.9 Å². The molecule has 2 heterocycles. The number of rotatable bonds is 6. The second-order valence-electron chi connectivity index (χ2n) is 7.29. The number of piperazine rings is 1. The van der Waals surface area contributed by atoms with E-state index in [1.807, 2.05) is 24.3 Å². The van der Waals surface area contributed by atoms with E-state index in [-0.39, 0.29) is 22.1 Å². The summed E-state index contributed by atoms with van der Waals surface area (Å²) >= 11 is 7.03. The van der Waals surface area contributed by atoms with Gasteiger partial charge in [0.05, 0.1) is 0 Å². The molecule has 1 amide bonds. The second kappa shape index (κ2) is 9.58. The van der Waals surface area contributed by atoms with E-state index in [4.69, 9.17) is 11.6 Å². The van der Waals surface area contributed by atoms with Gasteiger partial charge in [-0.05, 0) is 53.4 Å². The van der Waals surface area contributed by atoms with Gasteiger partial charge in [0.15, 0.2) is 0 Å². The molecule has 1 aromatic heterocycles. The van der Waals surface area contributed by atoms with Crippen molar-refractivity contribution in [2.45, 2.75) is 11.4 Å². The molecule has 0 saturated carbocycles. The smallest absolute Gasteiger partial charge is 0.263 e. The highest BCUT2D eigenvalue weighted by atomic mass is 35.5. The Morgan fingerprint density at radius 1 is 1.00 bits per heavy atom. The van der Waals surface area contributed by atoms with E-state index in [2.05, 4.69) is 10.2 Å². The molecule has 32 heavy (non-hydrogen) atoms. The van der Waals surface area contributed by atoms with Crippen LogP contribution in [0.4, 0.5) is 10.1 Å². The molecule has 1 aliphatic rings. The number of carbonyl (C=O) groups is 1. The fourth-order valence-electron chi connectivity index (χ4n) is 3.51. The van der Waals surface area contributed by atoms with E-state index >= 15 is 0 Å². The zero-order chi connectivity index (χ0) is 22.7. The van der Waals surface area contributed by atoms with Crippen molar-refractivity contribution in [3.05, 3.63) is 81.3 Å². The Morgan fingerprint density at radius 3 is 2.31 bits per heavy atom. The first-order valence-corrected chi connectivity index (χ1v) is 12.6. The van der Waals surface area contributed by atoms with Crippen LogP contribution in [0.1, 0.15) is 15.2 Å². The Kier molecular flexibility index (Phi) is 6.80. The molecule has 0 bridgehead atoms. The molecule has 2 aromatic carbocycles. The summed E-state index contributed by atoms with van der Waals surface area (Å²) < 4.78 is 41.0. The lowest BCUT2D eigenvalue weighted by molar-refractivity contribution is 0.0952. The molecule has 1 saturated heterocycles. The molecule has 168 valence electrons. The van der Waals surface area contributed by atoms with Gasteiger partial charge in [-0.2, -0.15) is 4.31 Å². The fourth-order valence-corrected chi connectivity index (χ4v) is 6.37. The Balaban J connectivity index is 1.42. The van der Waals surface area contributed by atoms with Gasteiger partial charge >= 0.3 is 0 Å². The predicted molar refractivity (Wildman–Crippen MR) is 124 cm³/mol. The number of nitrogens with one attached hydrogen (secondary N) is 1. The molecular weight excluding hydrogens is 473 g/mol. The lowest BCUT2D eigenvalue weighted by atomic mass is 10.2. The van der Waals surface area contributed by atoms with E-state index < -0.39 is 15.9 Å². The molecule has 0 radical (unpaired) electrons. The average Bonchev–Trinajstić information content (AvgIpc) is 3.30. The maximum atomic E-state index is 13.2. The van der Waals surface area contributed by atoms with Gasteiger partial charge in [0.2, 0.25) is 10.0 Å². The van der Waals surface area contributed by atoms with Crippen LogP contribution in [-0.4, -0.2) is 44.8 Å². The minimum Gasteiger partial charge on any atom is -0.369 e. The highest BCUT2D eigenvalue weighted by molar-refractivity contribution is 7.89. The van der Waals surface area contributed by atoms with E-state index in [1.54, 1.807) is 17.5 Å². The van der Waals surface area contributed by atoms with Crippen LogP contribution in [-0.2, 0) is 16.6 Å². The number of carbonyl (C=O) groups excluding carboxylic acids is 1. The number of halogens is 2. The summed E-state index contributed by atoms with van der Waals surface area (Å²) in [7, 11) is -3.81. The molecule has 0 spiro atoms. The maximum absolute atomic E-state index is 13.2. The minimum atomic E-state index is -3.81. The van der Waals surface area contributed by atoms with Crippen molar-refractivity contribution in [3.8, 4) is 0 Å². The molecule has 4 rings (SSSR count). The molecule has 10 heteroatoms. The Labute approximate surface area is 195 Å². The summed E-state index contributed by atoms with van der Waals surface area (Å²) in [6.45, 7) is 1.89. The summed E-state index contributed by atoms with van der Waals surface area (Å²) in [5.74, 6) is -0.828. The number of amides is 1. The van der Waals surface area contributed by atoms with Crippen LogP contribution in [0.25, 0.3) is 0 Å². The van der Waals surface area contributed by atoms with Gasteiger partial charge in [-0.1, -0.05) is 23.7 Å². The summed E-state index contributed by atoms with van der Waals surface area (Å²) in [6, 6.07) is 14.7. The molecule has 1 fully saturated rings. The van der Waals surface area contributed by atoms with Gasteiger partial charge in [0.25, 0.3) is 5.91 Å². The predicted octanol–water partition coefficient (Wildman–Crippen LogP) is 3.98. The quantitative estimate of drug-likeness (QED) is 0.564. The minimum absolute atomic E-state index is 0.0130. The van der Waals surface area contributed by atoms with E-state index in [1.165, 1.54) is 22.5 Å². The molecule has 0 unspecified atom stereocenters. The number of anilines is 1. The van der Waals surface area contributed by atoms with Crippen molar-refractivity contribution in [1.82, 2.24) is 9.62 Å². The molecule has 6 nitrogen and oxygen atoms in total. The first kappa shape index (κ1) is 22.7. The molecule has 1 N–H and O–H groups in total. The van der Waals surface area contributed by atoms with Crippen LogP contribution in [0.5, 0.6) is 0 Å². The topological polar surface area (TPSA) is 69.7 Å². The monoisotopic (exact) mass is 493 g/mol. The van der Waals surface area contributed by atoms with E-state index in [0.717, 1.165) is 22.6 Å². The van der Waals surface area contributed by atoms with Gasteiger partial charge in [0.1, 0.15) is 15.6 Å². The summed E-state index contributed by atoms with van der Waals surface area (Å²) in [5, 5.41) is 4.97. The van der Waals surface area contributed by atoms with Crippen LogP contribution in [0.3, 0.4) is 0 Å². The van der Waals surface area contributed by atoms with E-state index in [9.17, 15) is 17.6 Å². The Hall–Kier alpha value is -2.46. The van der Waals surface area contributed by atoms with Crippen molar-refractivity contribution in [2.24, 2.45) is 0 Å². The summed E-state index contributed by atoms with van der Waals surface area (Å²) in [6.07, 6.45) is 0. The number of thiophene rings is 1. The van der Waals surface area contributed by atoms with Gasteiger partial charge in [-0.15, -0.1) is 11.3 Å². The van der Waals surface area contributed by atoms with Crippen LogP contribution in [0.2, 0.25) is 5.02 Å². The van der Waals surface area contributed by atoms with Crippen LogP contribution in [0, 0.1) is 5.82 Å². The fraction of sp³-hybridized carbons (Fsp3) is 0.227. The zero-order valence-corrected chi connectivity index (χ0v) is 19.4. The third-order valence-corrected chi connectivity index (χ3v) is 8.49. The van der Waals surface area contributed by atoms with Crippen molar-refractivity contribution in [1.29, 1.82) is 0 Å². The Bertz CT molecular complexity index is 1190. The SMILES string of the molecule is O=C(NCc1ccc(F)cc1)c1sccc1S(=O)(=O)N1CCN(c2ccc(Cl)cc2)CC1. The largest absolute Gasteiger partial charge is 0.369 e. The highest BCUT2D eigenvalue weighted by Crippen LogP contribution is 2.27. The van der Waals surface area contributed by atoms with E-state index in [0.29, 0.717) is 31.2 Å². The first-order valence-electron chi connectivity index (χ1n) is 9.95. The van der Waals surface area contributed by atoms with Gasteiger partial charge in [-0.25, -0.2) is 12.8 Å². The van der Waals surface area contributed by atoms with Crippen LogP contribution < -0.4 is 10.2 Å². The van der Waals surface area contributed by atoms with Crippen molar-refractivity contribution in [2.75, 3.05) is 31.1 Å². The third-order valence-electron chi connectivity index (χ3n) is 5.25. The molecule has 0 aliphatic carbocycles. The first-order chi connectivity index (χ1) is 15.3. The lowest BCUT2D eigenvalue weighted by Crippen LogP contribution is -2.48. The maximum Gasteiger partial charge on any atom is 0.263 e. The normalized spacial score (nSPS) is 15.0. The van der Waals surface area contributed by atoms with Crippen molar-refractivity contribution in [3.63, 3.8) is 0 Å². The second-order valence-corrected chi connectivity index (χ2v) is 10.5. The van der Waals surface area contributed by atoms with Crippen LogP contribution >= 0.6 is 22.9 Å². The number of hydrogen-bond acceptors (Lipinski definition) is 5. The standard InChI is InChI=1S/C22H21ClFN3O3S2/c23-17-3-7-19(8-4-17)26-10-12-27(13-11-26)32(29,30)20-9-14-31-21(20)22(28)25-15-16-1-5-18(24)6-2-16/h1-9,14H,10-13,15H2,(H,25,28). The van der Waals surface area contributed by atoms with Gasteiger partial charge < -0.3 is 10.2 Å². The number of sulfonamides is 1. The number of benzene rings is 2. The van der Waals surface area contributed by atoms with Gasteiger partial charge in [-0.3, -0.25) is 4.79 Å². The third kappa shape index (κ3) is 4.96. The molecular formula is C22H21ClFN3O3S2. The summed E-state index contributed by atoms with van der Waals surface area (Å²) in [5.41, 5.74) is 1.71. The number of nitrogens with zero attached hydrogens (tertiary/aromatic N) is 2. The number of hydrogen-bond donors (Lipinski definition) is 1. The summed E-state index contributed by atoms with van der Waals surface area (Å²) in [4.78, 5) is 14.9. The van der Waals surface area contributed by atoms with Crippen molar-refractivity contribution >= 4 is 44.6 Å². The molecule has 0 atom stereocenters. The van der Waals surface area contributed by atoms with Gasteiger partial charge in [0, 0.05) is 43.4 Å². The Morgan fingerprint density at radius 2 is 1.66 bits per heavy atom. The molecule has 1 aliphatic heterocycles. The molecule has 3 aromatic rings. The zero-order valence-electron chi connectivity index (χ0n) is 17.0. The average molecular weight is 494 g/mol. The lowest BCUT2D eigenvalue weighted by Gasteiger charge is -2.35. The van der Waals surface area contributed by atoms with Crippen molar-refractivity contribution < 1.29 is 17.6 Å².